The largest absolute Gasteiger partial charge is 0.342 e. The Kier molecular flexibility index (Phi) is 4.18. The average molecular weight is 330 g/mol. The Hall–Kier alpha value is -1.66. The van der Waals surface area contributed by atoms with Crippen molar-refractivity contribution in [3.63, 3.8) is 0 Å². The fourth-order valence-corrected chi connectivity index (χ4v) is 4.18. The highest BCUT2D eigenvalue weighted by Crippen LogP contribution is 2.19. The Morgan fingerprint density at radius 3 is 2.78 bits per heavy atom. The van der Waals surface area contributed by atoms with E-state index in [4.69, 9.17) is 4.98 Å². The van der Waals surface area contributed by atoms with Crippen molar-refractivity contribution in [3.05, 3.63) is 44.0 Å². The van der Waals surface area contributed by atoms with E-state index in [1.165, 1.54) is 18.4 Å². The van der Waals surface area contributed by atoms with Crippen molar-refractivity contribution in [1.29, 1.82) is 0 Å². The lowest BCUT2D eigenvalue weighted by molar-refractivity contribution is 0.279. The molecule has 0 amide bonds. The van der Waals surface area contributed by atoms with Crippen LogP contribution in [0.15, 0.2) is 21.6 Å². The van der Waals surface area contributed by atoms with Crippen LogP contribution in [-0.4, -0.2) is 41.0 Å². The summed E-state index contributed by atoms with van der Waals surface area (Å²) in [5, 5.41) is 4.32. The van der Waals surface area contributed by atoms with Crippen LogP contribution >= 0.6 is 11.3 Å². The molecule has 0 spiro atoms. The van der Waals surface area contributed by atoms with E-state index in [9.17, 15) is 4.79 Å². The van der Waals surface area contributed by atoms with Gasteiger partial charge in [-0.3, -0.25) is 14.7 Å². The van der Waals surface area contributed by atoms with E-state index >= 15 is 0 Å². The molecule has 2 aromatic heterocycles. The van der Waals surface area contributed by atoms with Gasteiger partial charge in [0.25, 0.3) is 5.56 Å². The molecule has 0 unspecified atom stereocenters. The minimum absolute atomic E-state index is 0.0642. The Morgan fingerprint density at radius 1 is 1.17 bits per heavy atom. The second-order valence-electron chi connectivity index (χ2n) is 6.42. The summed E-state index contributed by atoms with van der Waals surface area (Å²) >= 11 is 1.74. The molecular weight excluding hydrogens is 308 g/mol. The van der Waals surface area contributed by atoms with Gasteiger partial charge in [-0.15, -0.1) is 0 Å². The summed E-state index contributed by atoms with van der Waals surface area (Å²) in [6, 6.07) is 2.18. The molecule has 4 rings (SSSR count). The first kappa shape index (κ1) is 14.9. The molecule has 0 bridgehead atoms. The number of nitrogens with one attached hydrogen (secondary N) is 1. The second-order valence-corrected chi connectivity index (χ2v) is 7.20. The third kappa shape index (κ3) is 3.19. The van der Waals surface area contributed by atoms with Crippen LogP contribution in [0.3, 0.4) is 0 Å². The van der Waals surface area contributed by atoms with Crippen molar-refractivity contribution in [2.45, 2.75) is 32.2 Å². The van der Waals surface area contributed by atoms with Gasteiger partial charge >= 0.3 is 0 Å². The molecule has 2 aliphatic rings. The highest BCUT2D eigenvalue weighted by Gasteiger charge is 2.21. The first-order valence-electron chi connectivity index (χ1n) is 8.40. The van der Waals surface area contributed by atoms with E-state index in [0.717, 1.165) is 62.8 Å². The highest BCUT2D eigenvalue weighted by molar-refractivity contribution is 7.07. The molecule has 0 radical (unpaired) electrons. The van der Waals surface area contributed by atoms with Crippen LogP contribution in [-0.2, 0) is 19.4 Å². The lowest BCUT2D eigenvalue weighted by Gasteiger charge is -2.18. The molecule has 2 aliphatic heterocycles. The van der Waals surface area contributed by atoms with E-state index in [0.29, 0.717) is 0 Å². The Balaban J connectivity index is 1.53. The maximum atomic E-state index is 12.5. The van der Waals surface area contributed by atoms with Crippen molar-refractivity contribution in [2.24, 2.45) is 0 Å². The van der Waals surface area contributed by atoms with Gasteiger partial charge in [0.15, 0.2) is 0 Å². The number of hydrogen-bond acceptors (Lipinski definition) is 5. The number of rotatable bonds is 3. The summed E-state index contributed by atoms with van der Waals surface area (Å²) < 4.78 is 0. The van der Waals surface area contributed by atoms with Crippen LogP contribution in [0.25, 0.3) is 0 Å². The maximum Gasteiger partial charge on any atom is 0.255 e. The van der Waals surface area contributed by atoms with Gasteiger partial charge in [-0.2, -0.15) is 11.3 Å². The molecule has 23 heavy (non-hydrogen) atoms. The minimum atomic E-state index is 0.0642. The number of fused-ring (bicyclic) bond motifs is 1. The van der Waals surface area contributed by atoms with Gasteiger partial charge in [-0.05, 0) is 41.7 Å². The minimum Gasteiger partial charge on any atom is -0.342 e. The number of thiophene rings is 1. The lowest BCUT2D eigenvalue weighted by atomic mass is 10.1. The van der Waals surface area contributed by atoms with Gasteiger partial charge in [0.1, 0.15) is 0 Å². The molecule has 1 N–H and O–H groups in total. The van der Waals surface area contributed by atoms with Gasteiger partial charge in [0.2, 0.25) is 5.95 Å². The Labute approximate surface area is 140 Å². The van der Waals surface area contributed by atoms with E-state index in [2.05, 4.69) is 31.6 Å². The van der Waals surface area contributed by atoms with Crippen LogP contribution in [0, 0.1) is 0 Å². The maximum absolute atomic E-state index is 12.5. The summed E-state index contributed by atoms with van der Waals surface area (Å²) in [6.45, 7) is 4.88. The zero-order valence-electron chi connectivity index (χ0n) is 13.3. The monoisotopic (exact) mass is 330 g/mol. The molecule has 6 heteroatoms. The molecule has 0 atom stereocenters. The molecule has 0 saturated carbocycles. The quantitative estimate of drug-likeness (QED) is 0.936. The van der Waals surface area contributed by atoms with E-state index in [1.807, 2.05) is 0 Å². The third-order valence-electron chi connectivity index (χ3n) is 4.82. The number of nitrogens with zero attached hydrogens (tertiary/aromatic N) is 3. The summed E-state index contributed by atoms with van der Waals surface area (Å²) in [7, 11) is 0. The second kappa shape index (κ2) is 6.45. The smallest absolute Gasteiger partial charge is 0.255 e. The number of anilines is 1. The van der Waals surface area contributed by atoms with Crippen molar-refractivity contribution < 1.29 is 0 Å². The number of aromatic nitrogens is 2. The summed E-state index contributed by atoms with van der Waals surface area (Å²) in [5.41, 5.74) is 3.32. The molecule has 5 nitrogen and oxygen atoms in total. The highest BCUT2D eigenvalue weighted by atomic mass is 32.1. The normalized spacial score (nSPS) is 18.9. The SMILES string of the molecule is O=c1[nH]c(N2CCCC2)nc2c1CCN(Cc1ccsc1)CC2. The van der Waals surface area contributed by atoms with Gasteiger partial charge in [-0.1, -0.05) is 0 Å². The lowest BCUT2D eigenvalue weighted by Crippen LogP contribution is -2.27. The molecule has 0 aromatic carbocycles. The first-order chi connectivity index (χ1) is 11.3. The Bertz CT molecular complexity index is 719. The van der Waals surface area contributed by atoms with Crippen LogP contribution < -0.4 is 10.5 Å². The average Bonchev–Trinajstić information content (AvgIpc) is 3.21. The van der Waals surface area contributed by atoms with Crippen molar-refractivity contribution >= 4 is 17.3 Å². The van der Waals surface area contributed by atoms with Crippen LogP contribution in [0.1, 0.15) is 29.7 Å². The van der Waals surface area contributed by atoms with Crippen LogP contribution in [0.5, 0.6) is 0 Å². The van der Waals surface area contributed by atoms with Crippen LogP contribution in [0.4, 0.5) is 5.95 Å². The molecule has 1 fully saturated rings. The standard InChI is InChI=1S/C17H22N4OS/c22-16-14-3-8-20(11-13-5-10-23-12-13)9-4-15(14)18-17(19-16)21-6-1-2-7-21/h5,10,12H,1-4,6-9,11H2,(H,18,19,22). The summed E-state index contributed by atoms with van der Waals surface area (Å²) in [5.74, 6) is 0.775. The summed E-state index contributed by atoms with van der Waals surface area (Å²) in [4.78, 5) is 24.9. The third-order valence-corrected chi connectivity index (χ3v) is 5.56. The fraction of sp³-hybridized carbons (Fsp3) is 0.529. The van der Waals surface area contributed by atoms with Gasteiger partial charge in [0.05, 0.1) is 5.69 Å². The molecule has 122 valence electrons. The van der Waals surface area contributed by atoms with E-state index in [1.54, 1.807) is 11.3 Å². The van der Waals surface area contributed by atoms with Crippen molar-refractivity contribution in [3.8, 4) is 0 Å². The number of hydrogen-bond donors (Lipinski definition) is 1. The zero-order chi connectivity index (χ0) is 15.6. The number of H-pyrrole nitrogens is 1. The van der Waals surface area contributed by atoms with Crippen LogP contribution in [0.2, 0.25) is 0 Å². The topological polar surface area (TPSA) is 52.2 Å². The first-order valence-corrected chi connectivity index (χ1v) is 9.34. The predicted molar refractivity (Wildman–Crippen MR) is 93.3 cm³/mol. The van der Waals surface area contributed by atoms with Crippen molar-refractivity contribution in [2.75, 3.05) is 31.1 Å². The predicted octanol–water partition coefficient (Wildman–Crippen LogP) is 2.03. The molecular formula is C17H22N4OS. The summed E-state index contributed by atoms with van der Waals surface area (Å²) in [6.07, 6.45) is 4.04. The fourth-order valence-electron chi connectivity index (χ4n) is 3.52. The van der Waals surface area contributed by atoms with Gasteiger partial charge in [-0.25, -0.2) is 4.98 Å². The van der Waals surface area contributed by atoms with Crippen molar-refractivity contribution in [1.82, 2.24) is 14.9 Å². The van der Waals surface area contributed by atoms with Gasteiger partial charge in [0, 0.05) is 44.7 Å². The zero-order valence-corrected chi connectivity index (χ0v) is 14.1. The molecule has 0 aliphatic carbocycles. The van der Waals surface area contributed by atoms with E-state index < -0.39 is 0 Å². The van der Waals surface area contributed by atoms with Gasteiger partial charge < -0.3 is 4.90 Å². The number of aromatic amines is 1. The molecule has 4 heterocycles. The van der Waals surface area contributed by atoms with E-state index in [-0.39, 0.29) is 5.56 Å². The Morgan fingerprint density at radius 2 is 2.00 bits per heavy atom. The molecule has 1 saturated heterocycles. The molecule has 2 aromatic rings.